The molecule has 0 bridgehead atoms. The summed E-state index contributed by atoms with van der Waals surface area (Å²) in [5.74, 6) is -0.255. The van der Waals surface area contributed by atoms with E-state index in [9.17, 15) is 9.59 Å². The average Bonchev–Trinajstić information content (AvgIpc) is 3.48. The third-order valence-electron chi connectivity index (χ3n) is 7.14. The van der Waals surface area contributed by atoms with Crippen LogP contribution in [0.3, 0.4) is 0 Å². The van der Waals surface area contributed by atoms with Crippen molar-refractivity contribution >= 4 is 29.0 Å². The van der Waals surface area contributed by atoms with Gasteiger partial charge < -0.3 is 16.0 Å². The number of allylic oxidation sites excluding steroid dienone is 2. The van der Waals surface area contributed by atoms with E-state index in [0.717, 1.165) is 46.5 Å². The minimum Gasteiger partial charge on any atom is -0.381 e. The molecule has 3 N–H and O–H groups in total. The Morgan fingerprint density at radius 3 is 2.67 bits per heavy atom. The molecule has 4 heterocycles. The summed E-state index contributed by atoms with van der Waals surface area (Å²) in [4.78, 5) is 32.9. The number of carbonyl (C=O) groups excluding carboxylic acids is 2. The molecule has 2 aliphatic rings. The zero-order valence-electron chi connectivity index (χ0n) is 20.6. The maximum atomic E-state index is 13.2. The second-order valence-electron chi connectivity index (χ2n) is 9.47. The van der Waals surface area contributed by atoms with Crippen LogP contribution in [0.4, 0.5) is 11.5 Å². The van der Waals surface area contributed by atoms with Crippen molar-refractivity contribution in [1.82, 2.24) is 29.3 Å². The zero-order valence-corrected chi connectivity index (χ0v) is 20.6. The molecule has 1 aliphatic carbocycles. The van der Waals surface area contributed by atoms with Gasteiger partial charge in [-0.15, -0.1) is 5.10 Å². The first-order chi connectivity index (χ1) is 17.2. The minimum atomic E-state index is -0.404. The summed E-state index contributed by atoms with van der Waals surface area (Å²) in [6.07, 6.45) is 5.48. The molecule has 3 aromatic heterocycles. The van der Waals surface area contributed by atoms with Gasteiger partial charge in [-0.1, -0.05) is 5.57 Å². The molecule has 0 saturated heterocycles. The first-order valence-corrected chi connectivity index (χ1v) is 11.8. The normalized spacial score (nSPS) is 14.5. The summed E-state index contributed by atoms with van der Waals surface area (Å²) in [5, 5.41) is 11.3. The molecule has 2 amide bonds. The standard InChI is InChI=1S/C26H26N8O2/c1-13-9-17(10-18-12-33(26(36)21(13)18)14(2)16-5-6-16)19-7-8-34-24(29-19)22(23(27)31-34)25(35)30-20-11-28-32(4)15(20)3/h7-11H,5-6,12H2,1-4H3,(H2,27,31)(H,30,35). The SMILES string of the molecule is CC(=C1CC1)N1Cc2cc(-c3ccn4nc(N)c(C(=O)Nc5cnn(C)c5C)c4n3)cc(C)c2C1=O. The molecule has 1 fully saturated rings. The Kier molecular flexibility index (Phi) is 4.75. The summed E-state index contributed by atoms with van der Waals surface area (Å²) < 4.78 is 3.18. The van der Waals surface area contributed by atoms with Gasteiger partial charge in [0.15, 0.2) is 11.5 Å². The van der Waals surface area contributed by atoms with Gasteiger partial charge in [0.25, 0.3) is 11.8 Å². The van der Waals surface area contributed by atoms with Gasteiger partial charge in [-0.25, -0.2) is 9.50 Å². The molecular weight excluding hydrogens is 456 g/mol. The first kappa shape index (κ1) is 22.0. The smallest absolute Gasteiger partial charge is 0.263 e. The quantitative estimate of drug-likeness (QED) is 0.458. The summed E-state index contributed by atoms with van der Waals surface area (Å²) in [5.41, 5.74) is 14.7. The summed E-state index contributed by atoms with van der Waals surface area (Å²) in [6, 6.07) is 5.82. The van der Waals surface area contributed by atoms with Crippen LogP contribution < -0.4 is 11.1 Å². The summed E-state index contributed by atoms with van der Waals surface area (Å²) in [6.45, 7) is 6.40. The highest BCUT2D eigenvalue weighted by Crippen LogP contribution is 2.38. The minimum absolute atomic E-state index is 0.0579. The van der Waals surface area contributed by atoms with E-state index in [1.807, 2.05) is 43.9 Å². The lowest BCUT2D eigenvalue weighted by Gasteiger charge is -2.16. The Morgan fingerprint density at radius 2 is 1.97 bits per heavy atom. The number of hydrogen-bond acceptors (Lipinski definition) is 6. The van der Waals surface area contributed by atoms with Gasteiger partial charge in [0.1, 0.15) is 5.56 Å². The van der Waals surface area contributed by atoms with Crippen LogP contribution in [0.15, 0.2) is 41.9 Å². The Balaban J connectivity index is 1.38. The van der Waals surface area contributed by atoms with E-state index < -0.39 is 5.91 Å². The summed E-state index contributed by atoms with van der Waals surface area (Å²) >= 11 is 0. The van der Waals surface area contributed by atoms with E-state index in [4.69, 9.17) is 10.7 Å². The molecule has 10 heteroatoms. The number of fused-ring (bicyclic) bond motifs is 2. The van der Waals surface area contributed by atoms with Gasteiger partial charge in [0.05, 0.1) is 29.8 Å². The molecular formula is C26H26N8O2. The lowest BCUT2D eigenvalue weighted by Crippen LogP contribution is -2.22. The van der Waals surface area contributed by atoms with Crippen LogP contribution in [0.25, 0.3) is 16.9 Å². The molecule has 0 spiro atoms. The number of amides is 2. The van der Waals surface area contributed by atoms with Gasteiger partial charge >= 0.3 is 0 Å². The van der Waals surface area contributed by atoms with Gasteiger partial charge in [0, 0.05) is 30.1 Å². The maximum Gasteiger partial charge on any atom is 0.263 e. The van der Waals surface area contributed by atoms with E-state index in [0.29, 0.717) is 23.6 Å². The van der Waals surface area contributed by atoms with E-state index in [1.165, 1.54) is 10.1 Å². The molecule has 36 heavy (non-hydrogen) atoms. The highest BCUT2D eigenvalue weighted by molar-refractivity contribution is 6.11. The fraction of sp³-hybridized carbons (Fsp3) is 0.269. The highest BCUT2D eigenvalue weighted by Gasteiger charge is 2.33. The van der Waals surface area contributed by atoms with E-state index in [2.05, 4.69) is 15.5 Å². The predicted molar refractivity (Wildman–Crippen MR) is 135 cm³/mol. The van der Waals surface area contributed by atoms with Crippen molar-refractivity contribution in [3.63, 3.8) is 0 Å². The number of nitrogen functional groups attached to an aromatic ring is 1. The third-order valence-corrected chi connectivity index (χ3v) is 7.14. The molecule has 4 aromatic rings. The first-order valence-electron chi connectivity index (χ1n) is 11.8. The van der Waals surface area contributed by atoms with Crippen molar-refractivity contribution < 1.29 is 9.59 Å². The fourth-order valence-corrected chi connectivity index (χ4v) is 4.83. The van der Waals surface area contributed by atoms with Gasteiger partial charge in [-0.3, -0.25) is 14.3 Å². The number of benzene rings is 1. The van der Waals surface area contributed by atoms with Crippen molar-refractivity contribution in [3.8, 4) is 11.3 Å². The number of aryl methyl sites for hydroxylation is 2. The van der Waals surface area contributed by atoms with Crippen molar-refractivity contribution in [2.75, 3.05) is 11.1 Å². The predicted octanol–water partition coefficient (Wildman–Crippen LogP) is 3.60. The molecule has 1 saturated carbocycles. The number of nitrogens with one attached hydrogen (secondary N) is 1. The van der Waals surface area contributed by atoms with Crippen molar-refractivity contribution in [2.45, 2.75) is 40.2 Å². The largest absolute Gasteiger partial charge is 0.381 e. The second-order valence-corrected chi connectivity index (χ2v) is 9.47. The highest BCUT2D eigenvalue weighted by atomic mass is 16.2. The lowest BCUT2D eigenvalue weighted by atomic mass is 9.98. The molecule has 182 valence electrons. The zero-order chi connectivity index (χ0) is 25.3. The Labute approximate surface area is 207 Å². The van der Waals surface area contributed by atoms with Crippen LogP contribution in [0, 0.1) is 13.8 Å². The van der Waals surface area contributed by atoms with Crippen LogP contribution in [0.2, 0.25) is 0 Å². The number of carbonyl (C=O) groups is 2. The Bertz CT molecular complexity index is 1640. The number of nitrogens with two attached hydrogens (primary N) is 1. The molecule has 0 radical (unpaired) electrons. The number of anilines is 2. The van der Waals surface area contributed by atoms with Crippen LogP contribution >= 0.6 is 0 Å². The van der Waals surface area contributed by atoms with Crippen LogP contribution in [-0.2, 0) is 13.6 Å². The van der Waals surface area contributed by atoms with Gasteiger partial charge in [-0.05, 0) is 62.9 Å². The van der Waals surface area contributed by atoms with E-state index >= 15 is 0 Å². The molecule has 6 rings (SSSR count). The van der Waals surface area contributed by atoms with Crippen LogP contribution in [0.5, 0.6) is 0 Å². The number of aromatic nitrogens is 5. The number of hydrogen-bond donors (Lipinski definition) is 2. The van der Waals surface area contributed by atoms with Gasteiger partial charge in [-0.2, -0.15) is 5.10 Å². The van der Waals surface area contributed by atoms with Crippen molar-refractivity contribution in [3.05, 3.63) is 69.8 Å². The monoisotopic (exact) mass is 482 g/mol. The van der Waals surface area contributed by atoms with Crippen LogP contribution in [0.1, 0.15) is 57.3 Å². The third kappa shape index (κ3) is 3.36. The molecule has 0 atom stereocenters. The topological polar surface area (TPSA) is 123 Å². The second kappa shape index (κ2) is 7.77. The van der Waals surface area contributed by atoms with Gasteiger partial charge in [0.2, 0.25) is 0 Å². The van der Waals surface area contributed by atoms with Crippen molar-refractivity contribution in [1.29, 1.82) is 0 Å². The molecule has 0 unspecified atom stereocenters. The lowest BCUT2D eigenvalue weighted by molar-refractivity contribution is 0.0825. The van der Waals surface area contributed by atoms with E-state index in [-0.39, 0.29) is 17.3 Å². The number of nitrogens with zero attached hydrogens (tertiary/aromatic N) is 6. The Morgan fingerprint density at radius 1 is 1.19 bits per heavy atom. The summed E-state index contributed by atoms with van der Waals surface area (Å²) in [7, 11) is 1.80. The molecule has 10 nitrogen and oxygen atoms in total. The fourth-order valence-electron chi connectivity index (χ4n) is 4.83. The number of rotatable bonds is 4. The molecule has 1 aromatic carbocycles. The maximum absolute atomic E-state index is 13.2. The molecule has 1 aliphatic heterocycles. The van der Waals surface area contributed by atoms with Crippen molar-refractivity contribution in [2.24, 2.45) is 7.05 Å². The Hall–Kier alpha value is -4.47. The van der Waals surface area contributed by atoms with E-state index in [1.54, 1.807) is 24.1 Å². The average molecular weight is 483 g/mol. The van der Waals surface area contributed by atoms with Crippen LogP contribution in [-0.4, -0.2) is 41.1 Å².